The molecule has 2 amide bonds. The number of amides is 2. The molecule has 8 nitrogen and oxygen atoms in total. The summed E-state index contributed by atoms with van der Waals surface area (Å²) in [6.45, 7) is 0.936. The van der Waals surface area contributed by atoms with Gasteiger partial charge in [-0.1, -0.05) is 30.3 Å². The van der Waals surface area contributed by atoms with Crippen LogP contribution in [-0.2, 0) is 16.0 Å². The molecule has 0 bridgehead atoms. The van der Waals surface area contributed by atoms with Crippen LogP contribution in [0.25, 0.3) is 10.9 Å². The molecule has 0 radical (unpaired) electrons. The highest BCUT2D eigenvalue weighted by atomic mass is 16.6. The Hall–Kier alpha value is -4.46. The molecule has 1 aliphatic heterocycles. The quantitative estimate of drug-likeness (QED) is 0.407. The van der Waals surface area contributed by atoms with Gasteiger partial charge in [0.1, 0.15) is 25.0 Å². The zero-order valence-electron chi connectivity index (χ0n) is 20.1. The van der Waals surface area contributed by atoms with Crippen LogP contribution in [-0.4, -0.2) is 49.1 Å². The maximum atomic E-state index is 13.6. The van der Waals surface area contributed by atoms with Crippen molar-refractivity contribution in [2.45, 2.75) is 12.5 Å². The van der Waals surface area contributed by atoms with Gasteiger partial charge < -0.3 is 29.4 Å². The first-order valence-corrected chi connectivity index (χ1v) is 11.7. The summed E-state index contributed by atoms with van der Waals surface area (Å²) in [7, 11) is 3.23. The summed E-state index contributed by atoms with van der Waals surface area (Å²) in [4.78, 5) is 31.7. The van der Waals surface area contributed by atoms with Crippen LogP contribution in [0, 0.1) is 0 Å². The zero-order valence-corrected chi connectivity index (χ0v) is 20.1. The van der Waals surface area contributed by atoms with Crippen molar-refractivity contribution in [3.63, 3.8) is 0 Å². The van der Waals surface area contributed by atoms with Gasteiger partial charge >= 0.3 is 0 Å². The molecule has 1 atom stereocenters. The lowest BCUT2D eigenvalue weighted by Crippen LogP contribution is -2.39. The second-order valence-electron chi connectivity index (χ2n) is 8.56. The molecule has 1 aliphatic rings. The number of hydrogen-bond donors (Lipinski definition) is 2. The Morgan fingerprint density at radius 3 is 2.56 bits per heavy atom. The molecule has 5 rings (SSSR count). The highest BCUT2D eigenvalue weighted by molar-refractivity contribution is 5.99. The van der Waals surface area contributed by atoms with E-state index < -0.39 is 6.04 Å². The number of hydrogen-bond acceptors (Lipinski definition) is 5. The van der Waals surface area contributed by atoms with Crippen molar-refractivity contribution in [2.75, 3.05) is 32.7 Å². The summed E-state index contributed by atoms with van der Waals surface area (Å²) in [5.74, 6) is 1.35. The van der Waals surface area contributed by atoms with E-state index in [1.165, 1.54) is 4.90 Å². The number of nitrogens with one attached hydrogen (secondary N) is 2. The predicted octanol–water partition coefficient (Wildman–Crippen LogP) is 4.33. The number of carbonyl (C=O) groups is 2. The topological polar surface area (TPSA) is 92.9 Å². The van der Waals surface area contributed by atoms with E-state index in [1.807, 2.05) is 30.5 Å². The molecule has 0 aliphatic carbocycles. The minimum absolute atomic E-state index is 0.157. The van der Waals surface area contributed by atoms with Gasteiger partial charge in [0.05, 0.1) is 13.5 Å². The molecule has 2 N–H and O–H groups in total. The maximum Gasteiger partial charge on any atom is 0.251 e. The van der Waals surface area contributed by atoms with Gasteiger partial charge in [0.15, 0.2) is 11.5 Å². The number of likely N-dealkylation sites (N-methyl/N-ethyl adjacent to an activating group) is 1. The van der Waals surface area contributed by atoms with E-state index in [0.717, 1.165) is 16.5 Å². The van der Waals surface area contributed by atoms with Crippen molar-refractivity contribution < 1.29 is 23.8 Å². The van der Waals surface area contributed by atoms with Gasteiger partial charge in [0, 0.05) is 35.9 Å². The predicted molar refractivity (Wildman–Crippen MR) is 137 cm³/mol. The molecule has 0 fully saturated rings. The molecule has 2 heterocycles. The van der Waals surface area contributed by atoms with Gasteiger partial charge in [-0.3, -0.25) is 9.59 Å². The van der Waals surface area contributed by atoms with Crippen LogP contribution in [0.1, 0.15) is 17.2 Å². The molecule has 8 heteroatoms. The lowest BCUT2D eigenvalue weighted by atomic mass is 10.0. The number of benzene rings is 3. The van der Waals surface area contributed by atoms with Gasteiger partial charge in [-0.2, -0.15) is 0 Å². The smallest absolute Gasteiger partial charge is 0.251 e. The Bertz CT molecular complexity index is 1400. The Balaban J connectivity index is 1.41. The van der Waals surface area contributed by atoms with Crippen molar-refractivity contribution in [1.82, 2.24) is 9.88 Å². The average Bonchev–Trinajstić information content (AvgIpc) is 3.31. The summed E-state index contributed by atoms with van der Waals surface area (Å²) in [5, 5.41) is 3.92. The molecule has 0 saturated carbocycles. The van der Waals surface area contributed by atoms with Crippen molar-refractivity contribution in [3.8, 4) is 17.2 Å². The Kier molecular flexibility index (Phi) is 6.49. The molecule has 4 aromatic rings. The monoisotopic (exact) mass is 485 g/mol. The fourth-order valence-electron chi connectivity index (χ4n) is 4.38. The number of rotatable bonds is 7. The number of anilines is 1. The normalized spacial score (nSPS) is 13.2. The third-order valence-corrected chi connectivity index (χ3v) is 6.29. The van der Waals surface area contributed by atoms with Gasteiger partial charge in [0.2, 0.25) is 5.91 Å². The van der Waals surface area contributed by atoms with Crippen LogP contribution in [0.2, 0.25) is 0 Å². The van der Waals surface area contributed by atoms with Crippen molar-refractivity contribution in [3.05, 3.63) is 84.1 Å². The summed E-state index contributed by atoms with van der Waals surface area (Å²) < 4.78 is 16.5. The summed E-state index contributed by atoms with van der Waals surface area (Å²) >= 11 is 0. The van der Waals surface area contributed by atoms with Crippen molar-refractivity contribution >= 4 is 28.4 Å². The second-order valence-corrected chi connectivity index (χ2v) is 8.56. The van der Waals surface area contributed by atoms with Gasteiger partial charge in [-0.25, -0.2) is 0 Å². The van der Waals surface area contributed by atoms with E-state index in [1.54, 1.807) is 56.6 Å². The van der Waals surface area contributed by atoms with E-state index in [4.69, 9.17) is 14.2 Å². The van der Waals surface area contributed by atoms with Crippen molar-refractivity contribution in [1.29, 1.82) is 0 Å². The largest absolute Gasteiger partial charge is 0.497 e. The number of aromatic nitrogens is 1. The van der Waals surface area contributed by atoms with Gasteiger partial charge in [-0.05, 0) is 41.5 Å². The van der Waals surface area contributed by atoms with E-state index in [-0.39, 0.29) is 18.2 Å². The van der Waals surface area contributed by atoms with Crippen LogP contribution in [0.3, 0.4) is 0 Å². The Labute approximate surface area is 208 Å². The third kappa shape index (κ3) is 4.70. The van der Waals surface area contributed by atoms with Gasteiger partial charge in [0.25, 0.3) is 5.91 Å². The number of para-hydroxylation sites is 1. The standard InChI is InChI=1S/C28H27N3O5/c1-31(26(32)15-19-17-29-23-6-4-3-5-22(19)23)27(18-7-10-21(34-2)11-8-18)28(33)30-20-9-12-24-25(16-20)36-14-13-35-24/h3-12,16-17,27,29H,13-15H2,1-2H3,(H,30,33)/t27-/m1/s1. The maximum absolute atomic E-state index is 13.6. The molecule has 0 spiro atoms. The fourth-order valence-corrected chi connectivity index (χ4v) is 4.38. The van der Waals surface area contributed by atoms with E-state index in [9.17, 15) is 9.59 Å². The minimum atomic E-state index is -0.859. The summed E-state index contributed by atoms with van der Waals surface area (Å²) in [6.07, 6.45) is 2.00. The van der Waals surface area contributed by atoms with E-state index >= 15 is 0 Å². The molecule has 0 saturated heterocycles. The van der Waals surface area contributed by atoms with Crippen LogP contribution < -0.4 is 19.5 Å². The van der Waals surface area contributed by atoms with Gasteiger partial charge in [-0.15, -0.1) is 0 Å². The Morgan fingerprint density at radius 1 is 1.03 bits per heavy atom. The summed E-state index contributed by atoms with van der Waals surface area (Å²) in [6, 6.07) is 19.3. The SMILES string of the molecule is COc1ccc([C@H](C(=O)Nc2ccc3c(c2)OCCO3)N(C)C(=O)Cc2c[nH]c3ccccc23)cc1. The van der Waals surface area contributed by atoms with E-state index in [0.29, 0.717) is 41.7 Å². The van der Waals surface area contributed by atoms with Crippen LogP contribution >= 0.6 is 0 Å². The lowest BCUT2D eigenvalue weighted by molar-refractivity contribution is -0.136. The van der Waals surface area contributed by atoms with E-state index in [2.05, 4.69) is 10.3 Å². The fraction of sp³-hybridized carbons (Fsp3) is 0.214. The molecule has 36 heavy (non-hydrogen) atoms. The highest BCUT2D eigenvalue weighted by Gasteiger charge is 2.29. The lowest BCUT2D eigenvalue weighted by Gasteiger charge is -2.28. The first-order chi connectivity index (χ1) is 17.5. The highest BCUT2D eigenvalue weighted by Crippen LogP contribution is 2.33. The number of methoxy groups -OCH3 is 1. The molecule has 3 aromatic carbocycles. The average molecular weight is 486 g/mol. The molecule has 184 valence electrons. The molecule has 1 aromatic heterocycles. The van der Waals surface area contributed by atoms with Crippen LogP contribution in [0.15, 0.2) is 72.9 Å². The first kappa shape index (κ1) is 23.3. The van der Waals surface area contributed by atoms with Crippen molar-refractivity contribution in [2.24, 2.45) is 0 Å². The minimum Gasteiger partial charge on any atom is -0.497 e. The third-order valence-electron chi connectivity index (χ3n) is 6.29. The van der Waals surface area contributed by atoms with Crippen LogP contribution in [0.4, 0.5) is 5.69 Å². The first-order valence-electron chi connectivity index (χ1n) is 11.7. The van der Waals surface area contributed by atoms with Crippen LogP contribution in [0.5, 0.6) is 17.2 Å². The summed E-state index contributed by atoms with van der Waals surface area (Å²) in [5.41, 5.74) is 3.06. The second kappa shape index (κ2) is 10.0. The molecular formula is C28H27N3O5. The number of ether oxygens (including phenoxy) is 3. The number of aromatic amines is 1. The number of fused-ring (bicyclic) bond motifs is 2. The number of nitrogens with zero attached hydrogens (tertiary/aromatic N) is 1. The number of carbonyl (C=O) groups excluding carboxylic acids is 2. The Morgan fingerprint density at radius 2 is 1.78 bits per heavy atom. The molecule has 0 unspecified atom stereocenters. The number of H-pyrrole nitrogens is 1. The zero-order chi connectivity index (χ0) is 25.1. The molecular weight excluding hydrogens is 458 g/mol.